The third-order valence-electron chi connectivity index (χ3n) is 1.63. The van der Waals surface area contributed by atoms with E-state index in [1.54, 1.807) is 0 Å². The average Bonchev–Trinajstić information content (AvgIpc) is 2.19. The van der Waals surface area contributed by atoms with Crippen molar-refractivity contribution in [3.05, 3.63) is 33.3 Å². The number of amides is 1. The summed E-state index contributed by atoms with van der Waals surface area (Å²) in [5.74, 6) is -2.11. The molecule has 0 fully saturated rings. The maximum absolute atomic E-state index is 11.0. The lowest BCUT2D eigenvalue weighted by Gasteiger charge is -2.05. The first-order valence-electron chi connectivity index (χ1n) is 3.64. The van der Waals surface area contributed by atoms with Crippen LogP contribution in [0.2, 0.25) is 10.0 Å². The number of carboxylic acid groups (broad SMARTS) is 1. The Labute approximate surface area is 94.2 Å². The molecule has 15 heavy (non-hydrogen) atoms. The molecule has 0 aliphatic carbocycles. The van der Waals surface area contributed by atoms with Crippen molar-refractivity contribution in [2.24, 2.45) is 0 Å². The number of carbonyl (C=O) groups is 2. The van der Waals surface area contributed by atoms with Gasteiger partial charge in [0, 0.05) is 0 Å². The van der Waals surface area contributed by atoms with Crippen LogP contribution in [-0.4, -0.2) is 22.2 Å². The van der Waals surface area contributed by atoms with Crippen molar-refractivity contribution in [2.75, 3.05) is 0 Å². The van der Waals surface area contributed by atoms with Crippen LogP contribution in [0.15, 0.2) is 12.1 Å². The molecule has 0 bridgehead atoms. The maximum Gasteiger partial charge on any atom is 0.337 e. The first-order valence-corrected chi connectivity index (χ1v) is 4.39. The highest BCUT2D eigenvalue weighted by atomic mass is 35.5. The van der Waals surface area contributed by atoms with Gasteiger partial charge >= 0.3 is 5.97 Å². The molecule has 0 radical (unpaired) electrons. The van der Waals surface area contributed by atoms with Crippen molar-refractivity contribution in [3.63, 3.8) is 0 Å². The summed E-state index contributed by atoms with van der Waals surface area (Å²) in [7, 11) is 0. The molecule has 1 aromatic carbocycles. The summed E-state index contributed by atoms with van der Waals surface area (Å²) in [6.07, 6.45) is 0. The number of rotatable bonds is 2. The van der Waals surface area contributed by atoms with E-state index >= 15 is 0 Å². The lowest BCUT2D eigenvalue weighted by molar-refractivity contribution is 0.0689. The fourth-order valence-electron chi connectivity index (χ4n) is 0.945. The van der Waals surface area contributed by atoms with Crippen LogP contribution in [0.25, 0.3) is 0 Å². The van der Waals surface area contributed by atoms with Gasteiger partial charge in [0.05, 0.1) is 21.2 Å². The van der Waals surface area contributed by atoms with Crippen LogP contribution < -0.4 is 5.48 Å². The smallest absolute Gasteiger partial charge is 0.337 e. The van der Waals surface area contributed by atoms with E-state index in [1.165, 1.54) is 5.48 Å². The standard InChI is InChI=1S/C8H5Cl2NO4/c9-5-2-4(8(13)14)6(10)1-3(5)7(12)11-15/h1-2,15H,(H,11,12)(H,13,14). The summed E-state index contributed by atoms with van der Waals surface area (Å²) in [4.78, 5) is 21.6. The molecule has 0 saturated heterocycles. The van der Waals surface area contributed by atoms with Crippen molar-refractivity contribution in [1.82, 2.24) is 5.48 Å². The number of halogens is 2. The second kappa shape index (κ2) is 4.48. The van der Waals surface area contributed by atoms with Crippen molar-refractivity contribution in [3.8, 4) is 0 Å². The largest absolute Gasteiger partial charge is 0.478 e. The second-order valence-electron chi connectivity index (χ2n) is 2.56. The van der Waals surface area contributed by atoms with Crippen molar-refractivity contribution in [2.45, 2.75) is 0 Å². The summed E-state index contributed by atoms with van der Waals surface area (Å²) < 4.78 is 0. The number of carbonyl (C=O) groups excluding carboxylic acids is 1. The molecule has 0 saturated carbocycles. The molecule has 7 heteroatoms. The van der Waals surface area contributed by atoms with Gasteiger partial charge in [0.15, 0.2) is 0 Å². The Balaban J connectivity index is 3.31. The van der Waals surface area contributed by atoms with Gasteiger partial charge in [-0.05, 0) is 12.1 Å². The lowest BCUT2D eigenvalue weighted by atomic mass is 10.1. The Morgan fingerprint density at radius 2 is 1.60 bits per heavy atom. The van der Waals surface area contributed by atoms with Crippen LogP contribution in [-0.2, 0) is 0 Å². The van der Waals surface area contributed by atoms with Crippen molar-refractivity contribution in [1.29, 1.82) is 0 Å². The zero-order chi connectivity index (χ0) is 11.6. The molecule has 0 unspecified atom stereocenters. The number of hydroxylamine groups is 1. The zero-order valence-electron chi connectivity index (χ0n) is 7.12. The van der Waals surface area contributed by atoms with Gasteiger partial charge in [0.2, 0.25) is 0 Å². The summed E-state index contributed by atoms with van der Waals surface area (Å²) in [5.41, 5.74) is 1.05. The van der Waals surface area contributed by atoms with Crippen molar-refractivity contribution < 1.29 is 19.9 Å². The highest BCUT2D eigenvalue weighted by Gasteiger charge is 2.16. The minimum absolute atomic E-state index is 0.103. The normalized spacial score (nSPS) is 9.80. The molecular weight excluding hydrogens is 245 g/mol. The van der Waals surface area contributed by atoms with Crippen molar-refractivity contribution >= 4 is 35.1 Å². The monoisotopic (exact) mass is 249 g/mol. The van der Waals surface area contributed by atoms with Gasteiger partial charge in [-0.1, -0.05) is 23.2 Å². The average molecular weight is 250 g/mol. The summed E-state index contributed by atoms with van der Waals surface area (Å²) in [6, 6.07) is 2.11. The molecule has 5 nitrogen and oxygen atoms in total. The first-order chi connectivity index (χ1) is 6.97. The van der Waals surface area contributed by atoms with E-state index in [0.717, 1.165) is 12.1 Å². The van der Waals surface area contributed by atoms with Gasteiger partial charge in [-0.2, -0.15) is 0 Å². The topological polar surface area (TPSA) is 86.6 Å². The number of hydrogen-bond donors (Lipinski definition) is 3. The van der Waals surface area contributed by atoms with Crippen LogP contribution >= 0.6 is 23.2 Å². The molecule has 0 aliphatic rings. The minimum atomic E-state index is -1.25. The Morgan fingerprint density at radius 1 is 1.13 bits per heavy atom. The number of carboxylic acids is 1. The molecule has 0 spiro atoms. The summed E-state index contributed by atoms with van der Waals surface area (Å²) in [6.45, 7) is 0. The van der Waals surface area contributed by atoms with Gasteiger partial charge in [-0.25, -0.2) is 10.3 Å². The van der Waals surface area contributed by atoms with E-state index < -0.39 is 11.9 Å². The third-order valence-corrected chi connectivity index (χ3v) is 2.26. The highest BCUT2D eigenvalue weighted by molar-refractivity contribution is 6.37. The molecule has 1 amide bonds. The number of hydrogen-bond acceptors (Lipinski definition) is 3. The van der Waals surface area contributed by atoms with Crippen LogP contribution in [0.3, 0.4) is 0 Å². The summed E-state index contributed by atoms with van der Waals surface area (Å²) >= 11 is 11.2. The number of nitrogens with one attached hydrogen (secondary N) is 1. The molecular formula is C8H5Cl2NO4. The molecule has 0 aromatic heterocycles. The number of benzene rings is 1. The molecule has 0 aliphatic heterocycles. The van der Waals surface area contributed by atoms with Gasteiger partial charge in [-0.3, -0.25) is 10.0 Å². The van der Waals surface area contributed by atoms with E-state index in [9.17, 15) is 9.59 Å². The van der Waals surface area contributed by atoms with Gasteiger partial charge in [0.1, 0.15) is 0 Å². The third kappa shape index (κ3) is 2.38. The quantitative estimate of drug-likeness (QED) is 0.551. The zero-order valence-corrected chi connectivity index (χ0v) is 8.63. The first kappa shape index (κ1) is 11.8. The number of aromatic carboxylic acids is 1. The predicted molar refractivity (Wildman–Crippen MR) is 52.7 cm³/mol. The van der Waals surface area contributed by atoms with E-state index in [-0.39, 0.29) is 21.2 Å². The molecule has 3 N–H and O–H groups in total. The Hall–Kier alpha value is -1.30. The molecule has 1 rings (SSSR count). The second-order valence-corrected chi connectivity index (χ2v) is 3.37. The van der Waals surface area contributed by atoms with Crippen LogP contribution in [0, 0.1) is 0 Å². The Morgan fingerprint density at radius 3 is 2.07 bits per heavy atom. The van der Waals surface area contributed by atoms with Gasteiger partial charge in [0.25, 0.3) is 5.91 Å². The summed E-state index contributed by atoms with van der Waals surface area (Å²) in [5, 5.41) is 16.8. The predicted octanol–water partition coefficient (Wildman–Crippen LogP) is 1.81. The molecule has 0 atom stereocenters. The van der Waals surface area contributed by atoms with E-state index in [2.05, 4.69) is 0 Å². The molecule has 1 aromatic rings. The highest BCUT2D eigenvalue weighted by Crippen LogP contribution is 2.25. The molecule has 0 heterocycles. The van der Waals surface area contributed by atoms with E-state index in [4.69, 9.17) is 33.5 Å². The minimum Gasteiger partial charge on any atom is -0.478 e. The maximum atomic E-state index is 11.0. The molecule has 80 valence electrons. The lowest BCUT2D eigenvalue weighted by Crippen LogP contribution is -2.19. The van der Waals surface area contributed by atoms with E-state index in [0.29, 0.717) is 0 Å². The van der Waals surface area contributed by atoms with Crippen LogP contribution in [0.5, 0.6) is 0 Å². The Kier molecular flexibility index (Phi) is 3.52. The van der Waals surface area contributed by atoms with E-state index in [1.807, 2.05) is 0 Å². The SMILES string of the molecule is O=C(O)c1cc(Cl)c(C(=O)NO)cc1Cl. The van der Waals surface area contributed by atoms with Gasteiger partial charge < -0.3 is 5.11 Å². The van der Waals surface area contributed by atoms with Crippen LogP contribution in [0.4, 0.5) is 0 Å². The van der Waals surface area contributed by atoms with Crippen LogP contribution in [0.1, 0.15) is 20.7 Å². The fraction of sp³-hybridized carbons (Fsp3) is 0. The fourth-order valence-corrected chi connectivity index (χ4v) is 1.44. The van der Waals surface area contributed by atoms with Gasteiger partial charge in [-0.15, -0.1) is 0 Å². The Bertz CT molecular complexity index is 433.